The molecule has 0 aliphatic rings. The molecule has 2 heteroatoms. The zero-order valence-corrected chi connectivity index (χ0v) is 25.4. The normalized spacial score (nSPS) is 12.5. The van der Waals surface area contributed by atoms with Crippen molar-refractivity contribution in [2.75, 3.05) is 0 Å². The summed E-state index contributed by atoms with van der Waals surface area (Å²) in [5.41, 5.74) is 9.66. The van der Waals surface area contributed by atoms with Gasteiger partial charge in [-0.05, 0) is 89.7 Å². The summed E-state index contributed by atoms with van der Waals surface area (Å²) in [6.45, 7) is 6.32. The van der Waals surface area contributed by atoms with Crippen molar-refractivity contribution in [2.45, 2.75) is 27.2 Å². The predicted molar refractivity (Wildman–Crippen MR) is 190 cm³/mol. The zero-order chi connectivity index (χ0) is 30.0. The Hall–Kier alpha value is -5.34. The van der Waals surface area contributed by atoms with Gasteiger partial charge in [-0.15, -0.1) is 0 Å². The topological polar surface area (TPSA) is 25.8 Å². The van der Waals surface area contributed by atoms with Crippen molar-refractivity contribution >= 4 is 48.9 Å². The van der Waals surface area contributed by atoms with Crippen LogP contribution in [0.25, 0.3) is 71.4 Å². The standard InChI is InChI=1S/C42H34N2/c1-4-6-7-8-17-33-26-39(34-20-18-29-13-9-11-15-31(29)24-34)43-41-36(33)22-23-37-38(28(3)5-2)27-40(44-42(37)41)35-21-19-30-14-10-12-16-32(30)25-35/h4-16,18-27H,17H2,1-3H3/b6-4-,8-7-,28-5+. The molecule has 2 aromatic heterocycles. The fourth-order valence-corrected chi connectivity index (χ4v) is 6.07. The third-order valence-corrected chi connectivity index (χ3v) is 8.57. The van der Waals surface area contributed by atoms with Gasteiger partial charge in [-0.1, -0.05) is 115 Å². The molecule has 0 unspecified atom stereocenters. The van der Waals surface area contributed by atoms with Gasteiger partial charge in [0.05, 0.1) is 22.4 Å². The van der Waals surface area contributed by atoms with Crippen LogP contribution in [0, 0.1) is 0 Å². The Morgan fingerprint density at radius 3 is 1.77 bits per heavy atom. The van der Waals surface area contributed by atoms with Gasteiger partial charge >= 0.3 is 0 Å². The van der Waals surface area contributed by atoms with E-state index in [2.05, 4.69) is 153 Å². The largest absolute Gasteiger partial charge is 0.245 e. The minimum Gasteiger partial charge on any atom is -0.245 e. The monoisotopic (exact) mass is 566 g/mol. The Bertz CT molecular complexity index is 2280. The molecule has 2 nitrogen and oxygen atoms in total. The van der Waals surface area contributed by atoms with Crippen LogP contribution >= 0.6 is 0 Å². The smallest absolute Gasteiger partial charge is 0.0978 e. The van der Waals surface area contributed by atoms with Crippen molar-refractivity contribution in [3.05, 3.63) is 151 Å². The summed E-state index contributed by atoms with van der Waals surface area (Å²) in [6.07, 6.45) is 11.5. The summed E-state index contributed by atoms with van der Waals surface area (Å²) in [5.74, 6) is 0. The minimum atomic E-state index is 0.806. The quantitative estimate of drug-likeness (QED) is 0.148. The second kappa shape index (κ2) is 11.7. The van der Waals surface area contributed by atoms with Crippen molar-refractivity contribution in [1.82, 2.24) is 9.97 Å². The summed E-state index contributed by atoms with van der Waals surface area (Å²) in [4.78, 5) is 10.8. The van der Waals surface area contributed by atoms with E-state index in [-0.39, 0.29) is 0 Å². The van der Waals surface area contributed by atoms with Crippen LogP contribution in [-0.2, 0) is 6.42 Å². The third kappa shape index (κ3) is 5.09. The minimum absolute atomic E-state index is 0.806. The van der Waals surface area contributed by atoms with E-state index in [4.69, 9.17) is 9.97 Å². The summed E-state index contributed by atoms with van der Waals surface area (Å²) < 4.78 is 0. The van der Waals surface area contributed by atoms with E-state index in [0.717, 1.165) is 50.7 Å². The van der Waals surface area contributed by atoms with Crippen LogP contribution in [-0.4, -0.2) is 9.97 Å². The SMILES string of the molecule is C/C=C\C=C/Cc1cc(-c2ccc3ccccc3c2)nc2c1ccc1c(/C(C)=C/C)cc(-c3ccc4ccccc4c3)nc12. The first-order valence-electron chi connectivity index (χ1n) is 15.3. The summed E-state index contributed by atoms with van der Waals surface area (Å²) in [6, 6.07) is 39.2. The Morgan fingerprint density at radius 2 is 1.16 bits per heavy atom. The van der Waals surface area contributed by atoms with E-state index in [1.54, 1.807) is 0 Å². The molecule has 0 atom stereocenters. The van der Waals surface area contributed by atoms with Crippen LogP contribution in [0.2, 0.25) is 0 Å². The average molecular weight is 567 g/mol. The summed E-state index contributed by atoms with van der Waals surface area (Å²) in [7, 11) is 0. The highest BCUT2D eigenvalue weighted by Crippen LogP contribution is 2.36. The van der Waals surface area contributed by atoms with Crippen LogP contribution in [0.5, 0.6) is 0 Å². The van der Waals surface area contributed by atoms with E-state index in [0.29, 0.717) is 0 Å². The molecule has 7 aromatic rings. The number of nitrogens with zero attached hydrogens (tertiary/aromatic N) is 2. The van der Waals surface area contributed by atoms with E-state index >= 15 is 0 Å². The Labute approximate surface area is 258 Å². The fourth-order valence-electron chi connectivity index (χ4n) is 6.07. The summed E-state index contributed by atoms with van der Waals surface area (Å²) >= 11 is 0. The predicted octanol–water partition coefficient (Wildman–Crippen LogP) is 11.5. The van der Waals surface area contributed by atoms with Crippen LogP contribution in [0.15, 0.2) is 140 Å². The van der Waals surface area contributed by atoms with Crippen LogP contribution in [0.1, 0.15) is 31.9 Å². The third-order valence-electron chi connectivity index (χ3n) is 8.57. The highest BCUT2D eigenvalue weighted by atomic mass is 14.8. The van der Waals surface area contributed by atoms with Crippen molar-refractivity contribution < 1.29 is 0 Å². The lowest BCUT2D eigenvalue weighted by atomic mass is 9.94. The first-order chi connectivity index (χ1) is 21.6. The fraction of sp³-hybridized carbons (Fsp3) is 0.0952. The molecule has 212 valence electrons. The zero-order valence-electron chi connectivity index (χ0n) is 25.4. The number of rotatable bonds is 6. The average Bonchev–Trinajstić information content (AvgIpc) is 3.08. The lowest BCUT2D eigenvalue weighted by Crippen LogP contribution is -1.97. The molecule has 5 aromatic carbocycles. The Kier molecular flexibility index (Phi) is 7.33. The van der Waals surface area contributed by atoms with Crippen LogP contribution in [0.3, 0.4) is 0 Å². The van der Waals surface area contributed by atoms with Gasteiger partial charge in [0.1, 0.15) is 0 Å². The molecule has 0 saturated carbocycles. The molecule has 0 saturated heterocycles. The first kappa shape index (κ1) is 27.5. The first-order valence-corrected chi connectivity index (χ1v) is 15.3. The van der Waals surface area contributed by atoms with Gasteiger partial charge in [0, 0.05) is 21.9 Å². The molecule has 0 amide bonds. The van der Waals surface area contributed by atoms with Crippen LogP contribution in [0.4, 0.5) is 0 Å². The van der Waals surface area contributed by atoms with Gasteiger partial charge in [0.25, 0.3) is 0 Å². The van der Waals surface area contributed by atoms with Crippen molar-refractivity contribution in [3.63, 3.8) is 0 Å². The number of aromatic nitrogens is 2. The van der Waals surface area contributed by atoms with Crippen molar-refractivity contribution in [3.8, 4) is 22.5 Å². The maximum Gasteiger partial charge on any atom is 0.0978 e. The van der Waals surface area contributed by atoms with E-state index in [1.807, 2.05) is 6.92 Å². The lowest BCUT2D eigenvalue weighted by molar-refractivity contribution is 1.26. The van der Waals surface area contributed by atoms with Gasteiger partial charge in [0.15, 0.2) is 0 Å². The van der Waals surface area contributed by atoms with E-state index < -0.39 is 0 Å². The van der Waals surface area contributed by atoms with Gasteiger partial charge in [0.2, 0.25) is 0 Å². The highest BCUT2D eigenvalue weighted by molar-refractivity contribution is 6.09. The van der Waals surface area contributed by atoms with Crippen molar-refractivity contribution in [2.24, 2.45) is 0 Å². The second-order valence-electron chi connectivity index (χ2n) is 11.3. The number of hydrogen-bond donors (Lipinski definition) is 0. The highest BCUT2D eigenvalue weighted by Gasteiger charge is 2.16. The van der Waals surface area contributed by atoms with Gasteiger partial charge in [-0.25, -0.2) is 9.97 Å². The number of fused-ring (bicyclic) bond motifs is 5. The molecule has 44 heavy (non-hydrogen) atoms. The summed E-state index contributed by atoms with van der Waals surface area (Å²) in [5, 5.41) is 7.13. The molecule has 7 rings (SSSR count). The molecule has 0 radical (unpaired) electrons. The van der Waals surface area contributed by atoms with E-state index in [9.17, 15) is 0 Å². The molecular weight excluding hydrogens is 532 g/mol. The lowest BCUT2D eigenvalue weighted by Gasteiger charge is -2.15. The number of allylic oxidation sites excluding steroid dienone is 6. The van der Waals surface area contributed by atoms with Gasteiger partial charge in [-0.2, -0.15) is 0 Å². The Morgan fingerprint density at radius 1 is 0.591 bits per heavy atom. The van der Waals surface area contributed by atoms with Crippen molar-refractivity contribution in [1.29, 1.82) is 0 Å². The van der Waals surface area contributed by atoms with Gasteiger partial charge in [-0.3, -0.25) is 0 Å². The molecule has 0 N–H and O–H groups in total. The number of pyridine rings is 2. The van der Waals surface area contributed by atoms with Crippen LogP contribution < -0.4 is 0 Å². The van der Waals surface area contributed by atoms with Gasteiger partial charge < -0.3 is 0 Å². The maximum atomic E-state index is 5.38. The van der Waals surface area contributed by atoms with E-state index in [1.165, 1.54) is 38.2 Å². The molecule has 2 heterocycles. The Balaban J connectivity index is 1.52. The molecule has 0 spiro atoms. The maximum absolute atomic E-state index is 5.38. The molecule has 0 bridgehead atoms. The molecular formula is C42H34N2. The number of hydrogen-bond acceptors (Lipinski definition) is 2. The second-order valence-corrected chi connectivity index (χ2v) is 11.3. The molecule has 0 aliphatic carbocycles. The molecule has 0 aliphatic heterocycles. The molecule has 0 fully saturated rings. The number of benzene rings is 5.